The van der Waals surface area contributed by atoms with Crippen molar-refractivity contribution >= 4 is 11.8 Å². The van der Waals surface area contributed by atoms with Crippen LogP contribution in [0.5, 0.6) is 5.88 Å². The van der Waals surface area contributed by atoms with Gasteiger partial charge >= 0.3 is 0 Å². The number of nitriles is 1. The van der Waals surface area contributed by atoms with Crippen LogP contribution in [0.2, 0.25) is 0 Å². The number of aliphatic hydroxyl groups is 1. The lowest BCUT2D eigenvalue weighted by molar-refractivity contribution is -0.0244. The standard InChI is InChI=1S/C20H24F2N6O2/c1-20(21,22)12-30-18-13(3-2-8-24-18)10-25-19-26-11-14(9-23)17(28-19)27-15-4-6-16(29)7-5-15/h2-3,8,11,15-16,29H,4-7,10,12H2,1H3,(H2,25,26,27,28). The summed E-state index contributed by atoms with van der Waals surface area (Å²) in [5.41, 5.74) is 0.896. The molecule has 0 atom stereocenters. The molecule has 30 heavy (non-hydrogen) atoms. The second-order valence-electron chi connectivity index (χ2n) is 7.40. The number of aromatic nitrogens is 3. The highest BCUT2D eigenvalue weighted by Crippen LogP contribution is 2.24. The van der Waals surface area contributed by atoms with Crippen molar-refractivity contribution in [2.75, 3.05) is 17.2 Å². The Kier molecular flexibility index (Phi) is 6.95. The van der Waals surface area contributed by atoms with Crippen molar-refractivity contribution in [1.82, 2.24) is 15.0 Å². The van der Waals surface area contributed by atoms with E-state index in [0.29, 0.717) is 29.8 Å². The highest BCUT2D eigenvalue weighted by molar-refractivity contribution is 5.54. The van der Waals surface area contributed by atoms with E-state index >= 15 is 0 Å². The lowest BCUT2D eigenvalue weighted by Crippen LogP contribution is -2.29. The van der Waals surface area contributed by atoms with Gasteiger partial charge in [0, 0.05) is 31.3 Å². The molecule has 0 saturated heterocycles. The SMILES string of the molecule is CC(F)(F)COc1ncccc1CNc1ncc(C#N)c(NC2CCC(O)CC2)n1. The Morgan fingerprint density at radius 2 is 2.07 bits per heavy atom. The van der Waals surface area contributed by atoms with E-state index in [-0.39, 0.29) is 30.5 Å². The zero-order valence-corrected chi connectivity index (χ0v) is 16.6. The second kappa shape index (κ2) is 9.63. The molecule has 2 aromatic heterocycles. The van der Waals surface area contributed by atoms with E-state index < -0.39 is 12.5 Å². The number of hydrogen-bond donors (Lipinski definition) is 3. The lowest BCUT2D eigenvalue weighted by Gasteiger charge is -2.26. The van der Waals surface area contributed by atoms with Gasteiger partial charge in [0.05, 0.1) is 12.3 Å². The molecule has 10 heteroatoms. The number of rotatable bonds is 8. The molecule has 1 aliphatic carbocycles. The minimum atomic E-state index is -2.96. The van der Waals surface area contributed by atoms with Gasteiger partial charge in [-0.3, -0.25) is 0 Å². The van der Waals surface area contributed by atoms with E-state index in [9.17, 15) is 19.1 Å². The number of pyridine rings is 1. The number of nitrogens with one attached hydrogen (secondary N) is 2. The maximum atomic E-state index is 13.1. The van der Waals surface area contributed by atoms with E-state index in [0.717, 1.165) is 19.8 Å². The minimum absolute atomic E-state index is 0.110. The van der Waals surface area contributed by atoms with E-state index in [1.54, 1.807) is 12.1 Å². The molecule has 3 N–H and O–H groups in total. The van der Waals surface area contributed by atoms with Crippen LogP contribution in [0.15, 0.2) is 24.5 Å². The molecule has 0 aromatic carbocycles. The van der Waals surface area contributed by atoms with Crippen LogP contribution in [0.4, 0.5) is 20.5 Å². The highest BCUT2D eigenvalue weighted by Gasteiger charge is 2.23. The van der Waals surface area contributed by atoms with Crippen molar-refractivity contribution in [2.24, 2.45) is 0 Å². The quantitative estimate of drug-likeness (QED) is 0.599. The van der Waals surface area contributed by atoms with E-state index in [1.807, 2.05) is 0 Å². The van der Waals surface area contributed by atoms with Gasteiger partial charge < -0.3 is 20.5 Å². The fourth-order valence-electron chi connectivity index (χ4n) is 3.13. The van der Waals surface area contributed by atoms with Crippen LogP contribution in [0.1, 0.15) is 43.7 Å². The number of alkyl halides is 2. The molecule has 0 aliphatic heterocycles. The average molecular weight is 418 g/mol. The zero-order chi connectivity index (χ0) is 21.6. The first-order chi connectivity index (χ1) is 14.3. The van der Waals surface area contributed by atoms with E-state index in [4.69, 9.17) is 4.74 Å². The van der Waals surface area contributed by atoms with Crippen molar-refractivity contribution in [3.8, 4) is 11.9 Å². The number of nitrogens with zero attached hydrogens (tertiary/aromatic N) is 4. The van der Waals surface area contributed by atoms with Crippen LogP contribution in [-0.4, -0.2) is 44.7 Å². The van der Waals surface area contributed by atoms with Gasteiger partial charge in [-0.25, -0.2) is 18.7 Å². The second-order valence-corrected chi connectivity index (χ2v) is 7.40. The fraction of sp³-hybridized carbons (Fsp3) is 0.500. The largest absolute Gasteiger partial charge is 0.471 e. The summed E-state index contributed by atoms with van der Waals surface area (Å²) in [5, 5.41) is 25.3. The van der Waals surface area contributed by atoms with Crippen molar-refractivity contribution in [3.63, 3.8) is 0 Å². The minimum Gasteiger partial charge on any atom is -0.471 e. The molecular weight excluding hydrogens is 394 g/mol. The zero-order valence-electron chi connectivity index (χ0n) is 16.6. The van der Waals surface area contributed by atoms with Crippen molar-refractivity contribution in [1.29, 1.82) is 5.26 Å². The molecule has 0 unspecified atom stereocenters. The molecule has 2 aromatic rings. The molecule has 0 spiro atoms. The third kappa shape index (κ3) is 6.22. The Hall–Kier alpha value is -3.06. The van der Waals surface area contributed by atoms with Crippen LogP contribution in [0, 0.1) is 11.3 Å². The summed E-state index contributed by atoms with van der Waals surface area (Å²) < 4.78 is 31.3. The van der Waals surface area contributed by atoms with E-state index in [1.165, 1.54) is 12.4 Å². The molecule has 1 aliphatic rings. The first-order valence-corrected chi connectivity index (χ1v) is 9.74. The maximum absolute atomic E-state index is 13.1. The predicted octanol–water partition coefficient (Wildman–Crippen LogP) is 3.10. The maximum Gasteiger partial charge on any atom is 0.278 e. The summed E-state index contributed by atoms with van der Waals surface area (Å²) in [6, 6.07) is 5.58. The third-order valence-corrected chi connectivity index (χ3v) is 4.70. The Bertz CT molecular complexity index is 892. The van der Waals surface area contributed by atoms with Crippen molar-refractivity contribution in [3.05, 3.63) is 35.7 Å². The Morgan fingerprint density at radius 3 is 2.77 bits per heavy atom. The highest BCUT2D eigenvalue weighted by atomic mass is 19.3. The molecule has 2 heterocycles. The van der Waals surface area contributed by atoms with Gasteiger partial charge in [-0.05, 0) is 31.7 Å². The van der Waals surface area contributed by atoms with E-state index in [2.05, 4.69) is 31.7 Å². The molecule has 160 valence electrons. The van der Waals surface area contributed by atoms with Crippen LogP contribution in [0.25, 0.3) is 0 Å². The summed E-state index contributed by atoms with van der Waals surface area (Å²) in [7, 11) is 0. The average Bonchev–Trinajstić information content (AvgIpc) is 2.72. The molecule has 0 bridgehead atoms. The third-order valence-electron chi connectivity index (χ3n) is 4.70. The lowest BCUT2D eigenvalue weighted by atomic mass is 9.93. The molecule has 3 rings (SSSR count). The Balaban J connectivity index is 1.67. The molecular formula is C20H24F2N6O2. The monoisotopic (exact) mass is 418 g/mol. The number of halogens is 2. The molecule has 8 nitrogen and oxygen atoms in total. The fourth-order valence-corrected chi connectivity index (χ4v) is 3.13. The van der Waals surface area contributed by atoms with Gasteiger partial charge in [0.15, 0.2) is 6.61 Å². The van der Waals surface area contributed by atoms with Crippen LogP contribution in [-0.2, 0) is 6.54 Å². The van der Waals surface area contributed by atoms with Crippen LogP contribution >= 0.6 is 0 Å². The number of hydrogen-bond acceptors (Lipinski definition) is 8. The van der Waals surface area contributed by atoms with Gasteiger partial charge in [0.25, 0.3) is 5.92 Å². The summed E-state index contributed by atoms with van der Waals surface area (Å²) in [6.07, 6.45) is 5.60. The number of ether oxygens (including phenoxy) is 1. The van der Waals surface area contributed by atoms with Gasteiger partial charge in [0.2, 0.25) is 11.8 Å². The number of aliphatic hydroxyl groups excluding tert-OH is 1. The molecule has 1 saturated carbocycles. The first-order valence-electron chi connectivity index (χ1n) is 9.74. The smallest absolute Gasteiger partial charge is 0.278 e. The molecule has 0 amide bonds. The summed E-state index contributed by atoms with van der Waals surface area (Å²) in [6.45, 7) is 0.216. The topological polar surface area (TPSA) is 116 Å². The summed E-state index contributed by atoms with van der Waals surface area (Å²) in [5.74, 6) is -2.15. The van der Waals surface area contributed by atoms with Gasteiger partial charge in [-0.2, -0.15) is 10.2 Å². The van der Waals surface area contributed by atoms with Crippen molar-refractivity contribution in [2.45, 2.75) is 57.2 Å². The van der Waals surface area contributed by atoms with Crippen LogP contribution in [0.3, 0.4) is 0 Å². The van der Waals surface area contributed by atoms with Gasteiger partial charge in [-0.15, -0.1) is 0 Å². The van der Waals surface area contributed by atoms with Crippen LogP contribution < -0.4 is 15.4 Å². The molecule has 0 radical (unpaired) electrons. The molecule has 1 fully saturated rings. The number of anilines is 2. The van der Waals surface area contributed by atoms with Crippen molar-refractivity contribution < 1.29 is 18.6 Å². The Morgan fingerprint density at radius 1 is 1.30 bits per heavy atom. The predicted molar refractivity (Wildman–Crippen MR) is 106 cm³/mol. The first kappa shape index (κ1) is 21.6. The summed E-state index contributed by atoms with van der Waals surface area (Å²) in [4.78, 5) is 12.5. The Labute approximate surface area is 173 Å². The van der Waals surface area contributed by atoms with Gasteiger partial charge in [-0.1, -0.05) is 6.07 Å². The summed E-state index contributed by atoms with van der Waals surface area (Å²) >= 11 is 0. The normalized spacial score (nSPS) is 19.0. The van der Waals surface area contributed by atoms with Gasteiger partial charge in [0.1, 0.15) is 17.5 Å².